The molecule has 1 aromatic carbocycles. The van der Waals surface area contributed by atoms with Gasteiger partial charge in [0.05, 0.1) is 0 Å². The smallest absolute Gasteiger partial charge is 0.269 e. The number of hydrogen-bond acceptors (Lipinski definition) is 2. The molecule has 1 amide bonds. The van der Waals surface area contributed by atoms with Gasteiger partial charge < -0.3 is 5.73 Å². The summed E-state index contributed by atoms with van der Waals surface area (Å²) in [6.45, 7) is 0. The van der Waals surface area contributed by atoms with Crippen LogP contribution in [0.15, 0.2) is 54.6 Å². The molecule has 0 unspecified atom stereocenters. The molecular weight excluding hydrogens is 258 g/mol. The van der Waals surface area contributed by atoms with Crippen LogP contribution in [0.25, 0.3) is 11.1 Å². The second-order valence-electron chi connectivity index (χ2n) is 3.89. The van der Waals surface area contributed by atoms with Crippen LogP contribution in [-0.4, -0.2) is 11.0 Å². The van der Waals surface area contributed by atoms with Gasteiger partial charge in [0.1, 0.15) is 0 Å². The summed E-state index contributed by atoms with van der Waals surface area (Å²) < 4.78 is 0. The number of nitrogens with one attached hydrogen (secondary N) is 2. The van der Waals surface area contributed by atoms with Gasteiger partial charge in [0.25, 0.3) is 5.91 Å². The standard InChI is InChI=1S/C8H9N3OS.C6H4/c9-8(13)11-10-7(12)6-4-2-1-3-5-6;1-2-6-4-3-5(1)6/h1-5H,(H,10,12)(H3,9,11,13);1-4H. The van der Waals surface area contributed by atoms with Crippen molar-refractivity contribution in [2.45, 2.75) is 0 Å². The van der Waals surface area contributed by atoms with Crippen LogP contribution in [0.5, 0.6) is 0 Å². The van der Waals surface area contributed by atoms with Crippen LogP contribution in [-0.2, 0) is 0 Å². The van der Waals surface area contributed by atoms with Crippen LogP contribution in [0.3, 0.4) is 0 Å². The van der Waals surface area contributed by atoms with Crippen LogP contribution >= 0.6 is 12.2 Å². The third-order valence-corrected chi connectivity index (χ3v) is 2.66. The van der Waals surface area contributed by atoms with Gasteiger partial charge in [-0.1, -0.05) is 42.5 Å². The second kappa shape index (κ2) is 5.97. The normalized spacial score (nSPS) is 9.68. The molecule has 5 heteroatoms. The van der Waals surface area contributed by atoms with E-state index >= 15 is 0 Å². The van der Waals surface area contributed by atoms with Gasteiger partial charge in [0.2, 0.25) is 0 Å². The van der Waals surface area contributed by atoms with E-state index in [0.717, 1.165) is 0 Å². The first-order chi connectivity index (χ1) is 9.16. The fourth-order valence-corrected chi connectivity index (χ4v) is 1.49. The maximum atomic E-state index is 11.3. The molecule has 2 aliphatic carbocycles. The van der Waals surface area contributed by atoms with Gasteiger partial charge >= 0.3 is 0 Å². The van der Waals surface area contributed by atoms with Crippen molar-refractivity contribution in [2.24, 2.45) is 5.73 Å². The van der Waals surface area contributed by atoms with Gasteiger partial charge in [-0.15, -0.1) is 0 Å². The monoisotopic (exact) mass is 271 g/mol. The van der Waals surface area contributed by atoms with Crippen molar-refractivity contribution < 1.29 is 4.79 Å². The molecule has 1 aromatic rings. The number of carbonyl (C=O) groups is 1. The third-order valence-electron chi connectivity index (χ3n) is 2.55. The largest absolute Gasteiger partial charge is 0.375 e. The zero-order valence-electron chi connectivity index (χ0n) is 10.1. The van der Waals surface area contributed by atoms with Gasteiger partial charge in [0.15, 0.2) is 5.11 Å². The number of thiocarbonyl (C=S) groups is 1. The highest BCUT2D eigenvalue weighted by Crippen LogP contribution is 2.29. The Morgan fingerprint density at radius 1 is 0.895 bits per heavy atom. The maximum absolute atomic E-state index is 11.3. The Bertz CT molecular complexity index is 560. The fraction of sp³-hybridized carbons (Fsp3) is 0. The third kappa shape index (κ3) is 3.53. The summed E-state index contributed by atoms with van der Waals surface area (Å²) >= 11 is 4.52. The lowest BCUT2D eigenvalue weighted by Crippen LogP contribution is -2.44. The van der Waals surface area contributed by atoms with Crippen molar-refractivity contribution in [2.75, 3.05) is 0 Å². The molecule has 0 bridgehead atoms. The van der Waals surface area contributed by atoms with E-state index in [1.165, 1.54) is 11.1 Å². The van der Waals surface area contributed by atoms with Crippen LogP contribution in [0, 0.1) is 0 Å². The number of benzene rings is 2. The molecule has 0 saturated carbocycles. The predicted molar refractivity (Wildman–Crippen MR) is 79.3 cm³/mol. The molecular formula is C14H13N3OS. The minimum Gasteiger partial charge on any atom is -0.375 e. The number of amides is 1. The lowest BCUT2D eigenvalue weighted by atomic mass is 9.95. The minimum absolute atomic E-state index is 0.0317. The molecule has 3 rings (SSSR count). The van der Waals surface area contributed by atoms with Crippen molar-refractivity contribution in [3.05, 3.63) is 60.2 Å². The lowest BCUT2D eigenvalue weighted by molar-refractivity contribution is 0.0944. The molecule has 96 valence electrons. The van der Waals surface area contributed by atoms with Gasteiger partial charge in [-0.25, -0.2) is 0 Å². The zero-order chi connectivity index (χ0) is 13.7. The highest BCUT2D eigenvalue weighted by Gasteiger charge is 2.04. The Balaban J connectivity index is 0.000000180. The summed E-state index contributed by atoms with van der Waals surface area (Å²) in [5.74, 6) is -0.270. The van der Waals surface area contributed by atoms with E-state index in [1.807, 2.05) is 6.07 Å². The van der Waals surface area contributed by atoms with E-state index in [1.54, 1.807) is 24.3 Å². The van der Waals surface area contributed by atoms with Gasteiger partial charge in [-0.2, -0.15) is 0 Å². The molecule has 0 radical (unpaired) electrons. The highest BCUT2D eigenvalue weighted by molar-refractivity contribution is 7.80. The molecule has 0 atom stereocenters. The Kier molecular flexibility index (Phi) is 4.10. The SMILES string of the molecule is NC(=S)NNC(=O)c1ccccc1.c1cc2ccc1-2. The molecule has 0 aliphatic heterocycles. The van der Waals surface area contributed by atoms with Crippen LogP contribution in [0.2, 0.25) is 0 Å². The Labute approximate surface area is 116 Å². The summed E-state index contributed by atoms with van der Waals surface area (Å²) in [6.07, 6.45) is 0. The Hall–Kier alpha value is -2.40. The number of hydrazine groups is 1. The molecule has 2 aliphatic rings. The first-order valence-corrected chi connectivity index (χ1v) is 6.09. The quantitative estimate of drug-likeness (QED) is 0.466. The van der Waals surface area contributed by atoms with Gasteiger partial charge in [-0.05, 0) is 35.5 Å². The predicted octanol–water partition coefficient (Wildman–Crippen LogP) is 1.83. The average molecular weight is 271 g/mol. The topological polar surface area (TPSA) is 67.2 Å². The Morgan fingerprint density at radius 3 is 1.79 bits per heavy atom. The Morgan fingerprint density at radius 2 is 1.42 bits per heavy atom. The maximum Gasteiger partial charge on any atom is 0.269 e. The van der Waals surface area contributed by atoms with Crippen molar-refractivity contribution >= 4 is 23.2 Å². The molecule has 0 heterocycles. The molecule has 19 heavy (non-hydrogen) atoms. The lowest BCUT2D eigenvalue weighted by Gasteiger charge is -2.10. The average Bonchev–Trinajstić information content (AvgIpc) is 2.41. The van der Waals surface area contributed by atoms with E-state index in [9.17, 15) is 4.79 Å². The van der Waals surface area contributed by atoms with E-state index in [4.69, 9.17) is 5.73 Å². The first kappa shape index (κ1) is 13.0. The molecule has 0 aromatic heterocycles. The number of fused-ring (bicyclic) bond motifs is 1. The van der Waals surface area contributed by atoms with E-state index < -0.39 is 0 Å². The van der Waals surface area contributed by atoms with Crippen molar-refractivity contribution in [3.63, 3.8) is 0 Å². The summed E-state index contributed by atoms with van der Waals surface area (Å²) in [7, 11) is 0. The van der Waals surface area contributed by atoms with Crippen molar-refractivity contribution in [3.8, 4) is 11.1 Å². The molecule has 0 fully saturated rings. The summed E-state index contributed by atoms with van der Waals surface area (Å²) in [5.41, 5.74) is 13.2. The van der Waals surface area contributed by atoms with Crippen LogP contribution in [0.1, 0.15) is 10.4 Å². The number of rotatable bonds is 1. The summed E-state index contributed by atoms with van der Waals surface area (Å²) in [5, 5.41) is 0.0317. The van der Waals surface area contributed by atoms with Crippen LogP contribution in [0.4, 0.5) is 0 Å². The second-order valence-corrected chi connectivity index (χ2v) is 4.33. The fourth-order valence-electron chi connectivity index (χ4n) is 1.44. The van der Waals surface area contributed by atoms with Crippen molar-refractivity contribution in [1.82, 2.24) is 10.9 Å². The summed E-state index contributed by atoms with van der Waals surface area (Å²) in [4.78, 5) is 11.3. The van der Waals surface area contributed by atoms with Gasteiger partial charge in [0, 0.05) is 5.56 Å². The van der Waals surface area contributed by atoms with E-state index in [2.05, 4.69) is 47.3 Å². The number of hydrogen-bond donors (Lipinski definition) is 3. The van der Waals surface area contributed by atoms with Crippen molar-refractivity contribution in [1.29, 1.82) is 0 Å². The molecule has 4 N–H and O–H groups in total. The zero-order valence-corrected chi connectivity index (χ0v) is 10.9. The number of carbonyl (C=O) groups excluding carboxylic acids is 1. The molecule has 0 spiro atoms. The van der Waals surface area contributed by atoms with Crippen LogP contribution < -0.4 is 16.6 Å². The number of nitrogens with two attached hydrogens (primary N) is 1. The van der Waals surface area contributed by atoms with E-state index in [0.29, 0.717) is 5.56 Å². The minimum atomic E-state index is -0.270. The first-order valence-electron chi connectivity index (χ1n) is 5.68. The molecule has 0 saturated heterocycles. The highest BCUT2D eigenvalue weighted by atomic mass is 32.1. The summed E-state index contributed by atoms with van der Waals surface area (Å²) in [6, 6.07) is 17.2. The van der Waals surface area contributed by atoms with Gasteiger partial charge in [-0.3, -0.25) is 15.6 Å². The molecule has 4 nitrogen and oxygen atoms in total. The van der Waals surface area contributed by atoms with E-state index in [-0.39, 0.29) is 11.0 Å².